The minimum absolute atomic E-state index is 0.155. The third-order valence-corrected chi connectivity index (χ3v) is 8.26. The smallest absolute Gasteiger partial charge is 0.150 e. The summed E-state index contributed by atoms with van der Waals surface area (Å²) in [6, 6.07) is 35.3. The summed E-state index contributed by atoms with van der Waals surface area (Å²) in [6.45, 7) is 5.04. The molecule has 4 rings (SSSR count). The van der Waals surface area contributed by atoms with Crippen LogP contribution in [0.4, 0.5) is 0 Å². The monoisotopic (exact) mass is 466 g/mol. The minimum atomic E-state index is -0.155. The Hall–Kier alpha value is -3.22. The molecule has 2 unspecified atom stereocenters. The Morgan fingerprint density at radius 1 is 0.794 bits per heavy atom. The van der Waals surface area contributed by atoms with E-state index in [-0.39, 0.29) is 5.16 Å². The fourth-order valence-corrected chi connectivity index (χ4v) is 5.80. The second-order valence-corrected chi connectivity index (χ2v) is 10.6. The molecular formula is C31H31O2P. The van der Waals surface area contributed by atoms with Gasteiger partial charge in [-0.2, -0.15) is 0 Å². The quantitative estimate of drug-likeness (QED) is 0.181. The van der Waals surface area contributed by atoms with Crippen molar-refractivity contribution in [3.63, 3.8) is 0 Å². The summed E-state index contributed by atoms with van der Waals surface area (Å²) in [5.41, 5.74) is 5.57. The molecule has 0 spiro atoms. The first-order valence-electron chi connectivity index (χ1n) is 11.8. The van der Waals surface area contributed by atoms with Crippen molar-refractivity contribution in [2.45, 2.75) is 38.5 Å². The van der Waals surface area contributed by atoms with E-state index in [9.17, 15) is 4.79 Å². The van der Waals surface area contributed by atoms with E-state index < -0.39 is 0 Å². The molecule has 2 nitrogen and oxygen atoms in total. The maximum atomic E-state index is 11.7. The van der Waals surface area contributed by atoms with Crippen LogP contribution in [0, 0.1) is 0 Å². The molecule has 0 fully saturated rings. The van der Waals surface area contributed by atoms with Crippen LogP contribution in [0.5, 0.6) is 5.75 Å². The topological polar surface area (TPSA) is 26.3 Å². The molecule has 0 heterocycles. The highest BCUT2D eigenvalue weighted by molar-refractivity contribution is 7.48. The molecule has 0 bridgehead atoms. The predicted octanol–water partition coefficient (Wildman–Crippen LogP) is 7.30. The van der Waals surface area contributed by atoms with Crippen LogP contribution in [0.3, 0.4) is 0 Å². The molecule has 0 saturated carbocycles. The Morgan fingerprint density at radius 3 is 2.12 bits per heavy atom. The van der Waals surface area contributed by atoms with Gasteiger partial charge in [0, 0.05) is 22.7 Å². The Labute approximate surface area is 204 Å². The molecule has 0 saturated heterocycles. The molecule has 4 aromatic rings. The molecule has 0 aromatic heterocycles. The first-order chi connectivity index (χ1) is 16.6. The lowest BCUT2D eigenvalue weighted by Gasteiger charge is -2.32. The van der Waals surface area contributed by atoms with Gasteiger partial charge in [-0.3, -0.25) is 4.79 Å². The van der Waals surface area contributed by atoms with Crippen LogP contribution in [0.1, 0.15) is 52.9 Å². The molecule has 0 amide bonds. The summed E-state index contributed by atoms with van der Waals surface area (Å²) in [5, 5.41) is 0.946. The van der Waals surface area contributed by atoms with Crippen LogP contribution in [-0.4, -0.2) is 6.29 Å². The highest BCUT2D eigenvalue weighted by Gasteiger charge is 2.30. The van der Waals surface area contributed by atoms with E-state index in [1.807, 2.05) is 42.5 Å². The Kier molecular flexibility index (Phi) is 7.93. The van der Waals surface area contributed by atoms with Crippen molar-refractivity contribution in [2.75, 3.05) is 0 Å². The number of carbonyl (C=O) groups excluding carboxylic acids is 1. The number of hydrogen-bond acceptors (Lipinski definition) is 2. The van der Waals surface area contributed by atoms with Gasteiger partial charge in [0.25, 0.3) is 0 Å². The second-order valence-electron chi connectivity index (χ2n) is 8.75. The lowest BCUT2D eigenvalue weighted by molar-refractivity contribution is 0.112. The Balaban J connectivity index is 1.75. The van der Waals surface area contributed by atoms with Crippen molar-refractivity contribution in [3.05, 3.63) is 131 Å². The molecule has 3 heteroatoms. The standard InChI is InChI=1S/C31H31O2P/c1-3-31(2,34-29-20-11-10-17-27(29)22-32)28-19-12-18-26(21-24-13-6-4-7-14-24)30(28)33-23-25-15-8-5-9-16-25/h4-20,22,34H,3,21,23H2,1-2H3. The SMILES string of the molecule is CCC(C)(Pc1ccccc1C=O)c1cccc(Cc2ccccc2)c1OCc1ccccc1. The molecule has 4 aromatic carbocycles. The number of benzene rings is 4. The van der Waals surface area contributed by atoms with Gasteiger partial charge >= 0.3 is 0 Å². The largest absolute Gasteiger partial charge is 0.488 e. The number of hydrogen-bond donors (Lipinski definition) is 0. The Bertz CT molecular complexity index is 1220. The van der Waals surface area contributed by atoms with Crippen molar-refractivity contribution >= 4 is 20.2 Å². The molecule has 172 valence electrons. The van der Waals surface area contributed by atoms with Crippen molar-refractivity contribution in [1.29, 1.82) is 0 Å². The van der Waals surface area contributed by atoms with E-state index in [0.717, 1.165) is 41.3 Å². The Morgan fingerprint density at radius 2 is 1.44 bits per heavy atom. The van der Waals surface area contributed by atoms with Gasteiger partial charge in [0.05, 0.1) is 0 Å². The zero-order valence-electron chi connectivity index (χ0n) is 19.8. The molecule has 34 heavy (non-hydrogen) atoms. The van der Waals surface area contributed by atoms with E-state index in [1.54, 1.807) is 0 Å². The highest BCUT2D eigenvalue weighted by atomic mass is 31.1. The van der Waals surface area contributed by atoms with Gasteiger partial charge < -0.3 is 4.74 Å². The third kappa shape index (κ3) is 5.64. The summed E-state index contributed by atoms with van der Waals surface area (Å²) < 4.78 is 6.60. The van der Waals surface area contributed by atoms with Gasteiger partial charge in [0.2, 0.25) is 0 Å². The van der Waals surface area contributed by atoms with Crippen molar-refractivity contribution < 1.29 is 9.53 Å². The first kappa shape index (κ1) is 23.9. The number of aldehydes is 1. The molecule has 0 N–H and O–H groups in total. The highest BCUT2D eigenvalue weighted by Crippen LogP contribution is 2.48. The molecule has 0 aliphatic carbocycles. The van der Waals surface area contributed by atoms with Crippen LogP contribution in [-0.2, 0) is 18.2 Å². The van der Waals surface area contributed by atoms with Gasteiger partial charge in [-0.1, -0.05) is 126 Å². The number of carbonyl (C=O) groups is 1. The van der Waals surface area contributed by atoms with Crippen LogP contribution < -0.4 is 10.0 Å². The summed E-state index contributed by atoms with van der Waals surface area (Å²) in [4.78, 5) is 11.7. The maximum absolute atomic E-state index is 11.7. The van der Waals surface area contributed by atoms with Gasteiger partial charge in [0.15, 0.2) is 6.29 Å². The van der Waals surface area contributed by atoms with E-state index in [4.69, 9.17) is 4.74 Å². The van der Waals surface area contributed by atoms with Gasteiger partial charge in [0.1, 0.15) is 12.4 Å². The zero-order chi connectivity index (χ0) is 23.8. The lowest BCUT2D eigenvalue weighted by atomic mass is 9.92. The van der Waals surface area contributed by atoms with Crippen LogP contribution in [0.25, 0.3) is 0 Å². The molecule has 2 atom stereocenters. The number of ether oxygens (including phenoxy) is 1. The van der Waals surface area contributed by atoms with Crippen molar-refractivity contribution in [2.24, 2.45) is 0 Å². The van der Waals surface area contributed by atoms with E-state index in [2.05, 4.69) is 74.5 Å². The average molecular weight is 467 g/mol. The maximum Gasteiger partial charge on any atom is 0.150 e. The van der Waals surface area contributed by atoms with Crippen molar-refractivity contribution in [1.82, 2.24) is 0 Å². The summed E-state index contributed by atoms with van der Waals surface area (Å²) >= 11 is 0. The fourth-order valence-electron chi connectivity index (χ4n) is 4.23. The van der Waals surface area contributed by atoms with Crippen LogP contribution >= 0.6 is 8.58 Å². The van der Waals surface area contributed by atoms with Crippen molar-refractivity contribution in [3.8, 4) is 5.75 Å². The molecule has 0 aliphatic heterocycles. The summed E-state index contributed by atoms with van der Waals surface area (Å²) in [7, 11) is 0.452. The zero-order valence-corrected chi connectivity index (χ0v) is 20.8. The predicted molar refractivity (Wildman–Crippen MR) is 144 cm³/mol. The summed E-state index contributed by atoms with van der Waals surface area (Å²) in [5.74, 6) is 0.968. The van der Waals surface area contributed by atoms with E-state index >= 15 is 0 Å². The van der Waals surface area contributed by atoms with Gasteiger partial charge in [-0.15, -0.1) is 0 Å². The van der Waals surface area contributed by atoms with Crippen LogP contribution in [0.2, 0.25) is 0 Å². The third-order valence-electron chi connectivity index (χ3n) is 6.36. The first-order valence-corrected chi connectivity index (χ1v) is 12.8. The minimum Gasteiger partial charge on any atom is -0.488 e. The van der Waals surface area contributed by atoms with Crippen LogP contribution in [0.15, 0.2) is 103 Å². The van der Waals surface area contributed by atoms with E-state index in [0.29, 0.717) is 15.2 Å². The second kappa shape index (κ2) is 11.3. The van der Waals surface area contributed by atoms with Gasteiger partial charge in [-0.25, -0.2) is 0 Å². The lowest BCUT2D eigenvalue weighted by Crippen LogP contribution is -2.21. The van der Waals surface area contributed by atoms with Gasteiger partial charge in [-0.05, 0) is 28.4 Å². The number of rotatable bonds is 10. The normalized spacial score (nSPS) is 13.0. The molecule has 0 radical (unpaired) electrons. The number of para-hydroxylation sites is 1. The summed E-state index contributed by atoms with van der Waals surface area (Å²) in [6.07, 6.45) is 2.72. The molecular weight excluding hydrogens is 435 g/mol. The average Bonchev–Trinajstić information content (AvgIpc) is 2.89. The van der Waals surface area contributed by atoms with E-state index in [1.165, 1.54) is 16.7 Å². The fraction of sp³-hybridized carbons (Fsp3) is 0.194. The molecule has 0 aliphatic rings.